The highest BCUT2D eigenvalue weighted by molar-refractivity contribution is 5.81. The lowest BCUT2D eigenvalue weighted by atomic mass is 9.89. The molecule has 1 fully saturated rings. The number of methoxy groups -OCH3 is 1. The molecule has 1 aliphatic rings. The minimum Gasteiger partial charge on any atom is -0.381 e. The van der Waals surface area contributed by atoms with Crippen LogP contribution in [-0.4, -0.2) is 31.2 Å². The number of amides is 1. The van der Waals surface area contributed by atoms with E-state index in [9.17, 15) is 4.79 Å². The van der Waals surface area contributed by atoms with Crippen LogP contribution in [-0.2, 0) is 9.53 Å². The summed E-state index contributed by atoms with van der Waals surface area (Å²) in [5, 5.41) is 2.94. The topological polar surface area (TPSA) is 64.3 Å². The average Bonchev–Trinajstić information content (AvgIpc) is 2.08. The third-order valence-corrected chi connectivity index (χ3v) is 2.84. The van der Waals surface area contributed by atoms with E-state index in [-0.39, 0.29) is 18.0 Å². The maximum atomic E-state index is 11.6. The molecule has 0 heterocycles. The number of rotatable bonds is 5. The predicted octanol–water partition coefficient (Wildman–Crippen LogP) is 0.653. The fraction of sp³-hybridized carbons (Fsp3) is 0.909. The first-order valence-corrected chi connectivity index (χ1v) is 5.61. The monoisotopic (exact) mass is 214 g/mol. The molecule has 1 atom stereocenters. The molecule has 4 nitrogen and oxygen atoms in total. The van der Waals surface area contributed by atoms with Gasteiger partial charge in [-0.3, -0.25) is 4.79 Å². The highest BCUT2D eigenvalue weighted by atomic mass is 16.5. The summed E-state index contributed by atoms with van der Waals surface area (Å²) in [6.45, 7) is 4.13. The van der Waals surface area contributed by atoms with Gasteiger partial charge in [-0.15, -0.1) is 0 Å². The molecule has 1 unspecified atom stereocenters. The van der Waals surface area contributed by atoms with Gasteiger partial charge in [-0.1, -0.05) is 13.8 Å². The molecule has 4 heteroatoms. The smallest absolute Gasteiger partial charge is 0.237 e. The summed E-state index contributed by atoms with van der Waals surface area (Å²) in [5.74, 6) is 0.433. The van der Waals surface area contributed by atoms with Gasteiger partial charge >= 0.3 is 0 Å². The standard InChI is InChI=1S/C11H22N2O2/c1-7(2)4-10(12)11(14)13-8-5-9(6-8)15-3/h7-10H,4-6,12H2,1-3H3,(H,13,14). The second-order valence-corrected chi connectivity index (χ2v) is 4.77. The van der Waals surface area contributed by atoms with Gasteiger partial charge in [0.2, 0.25) is 5.91 Å². The normalized spacial score (nSPS) is 27.3. The summed E-state index contributed by atoms with van der Waals surface area (Å²) in [5.41, 5.74) is 5.77. The van der Waals surface area contributed by atoms with E-state index < -0.39 is 0 Å². The van der Waals surface area contributed by atoms with Gasteiger partial charge in [0.25, 0.3) is 0 Å². The van der Waals surface area contributed by atoms with Gasteiger partial charge in [0.05, 0.1) is 12.1 Å². The summed E-state index contributed by atoms with van der Waals surface area (Å²) in [6, 6.07) is -0.104. The molecule has 1 aliphatic carbocycles. The van der Waals surface area contributed by atoms with Gasteiger partial charge in [0.1, 0.15) is 0 Å². The largest absolute Gasteiger partial charge is 0.381 e. The molecule has 1 rings (SSSR count). The van der Waals surface area contributed by atoms with E-state index in [0.717, 1.165) is 19.3 Å². The highest BCUT2D eigenvalue weighted by Crippen LogP contribution is 2.22. The van der Waals surface area contributed by atoms with E-state index in [1.54, 1.807) is 7.11 Å². The van der Waals surface area contributed by atoms with Crippen LogP contribution in [0.5, 0.6) is 0 Å². The van der Waals surface area contributed by atoms with Gasteiger partial charge in [-0.2, -0.15) is 0 Å². The van der Waals surface area contributed by atoms with Crippen molar-refractivity contribution in [3.8, 4) is 0 Å². The Morgan fingerprint density at radius 3 is 2.60 bits per heavy atom. The summed E-state index contributed by atoms with van der Waals surface area (Å²) < 4.78 is 5.14. The van der Waals surface area contributed by atoms with E-state index >= 15 is 0 Å². The molecule has 88 valence electrons. The lowest BCUT2D eigenvalue weighted by Crippen LogP contribution is -2.52. The minimum atomic E-state index is -0.369. The van der Waals surface area contributed by atoms with Crippen molar-refractivity contribution in [2.45, 2.75) is 51.3 Å². The Morgan fingerprint density at radius 1 is 1.53 bits per heavy atom. The van der Waals surface area contributed by atoms with Crippen molar-refractivity contribution in [3.63, 3.8) is 0 Å². The SMILES string of the molecule is COC1CC(NC(=O)C(N)CC(C)C)C1. The number of hydrogen-bond acceptors (Lipinski definition) is 3. The van der Waals surface area contributed by atoms with E-state index in [1.807, 2.05) is 0 Å². The number of carbonyl (C=O) groups excluding carboxylic acids is 1. The van der Waals surface area contributed by atoms with Crippen LogP contribution < -0.4 is 11.1 Å². The Balaban J connectivity index is 2.19. The van der Waals surface area contributed by atoms with Gasteiger partial charge in [0, 0.05) is 13.2 Å². The molecule has 0 radical (unpaired) electrons. The molecule has 0 spiro atoms. The maximum absolute atomic E-state index is 11.6. The first-order chi connectivity index (χ1) is 7.02. The third kappa shape index (κ3) is 3.80. The average molecular weight is 214 g/mol. The van der Waals surface area contributed by atoms with Crippen LogP contribution >= 0.6 is 0 Å². The summed E-state index contributed by atoms with van der Waals surface area (Å²) in [4.78, 5) is 11.6. The predicted molar refractivity (Wildman–Crippen MR) is 59.4 cm³/mol. The third-order valence-electron chi connectivity index (χ3n) is 2.84. The molecule has 0 aromatic carbocycles. The van der Waals surface area contributed by atoms with Crippen LogP contribution in [0, 0.1) is 5.92 Å². The van der Waals surface area contributed by atoms with Gasteiger partial charge in [-0.05, 0) is 25.2 Å². The Hall–Kier alpha value is -0.610. The Labute approximate surface area is 91.5 Å². The van der Waals surface area contributed by atoms with Gasteiger partial charge in [0.15, 0.2) is 0 Å². The molecule has 0 bridgehead atoms. The molecule has 0 saturated heterocycles. The Morgan fingerprint density at radius 2 is 2.13 bits per heavy atom. The van der Waals surface area contributed by atoms with Crippen LogP contribution in [0.1, 0.15) is 33.1 Å². The molecule has 1 amide bonds. The fourth-order valence-electron chi connectivity index (χ4n) is 1.80. The zero-order chi connectivity index (χ0) is 11.4. The van der Waals surface area contributed by atoms with Crippen molar-refractivity contribution in [2.24, 2.45) is 11.7 Å². The van der Waals surface area contributed by atoms with Crippen LogP contribution in [0.15, 0.2) is 0 Å². The summed E-state index contributed by atoms with van der Waals surface area (Å²) in [6.07, 6.45) is 2.89. The second kappa shape index (κ2) is 5.47. The van der Waals surface area contributed by atoms with Crippen molar-refractivity contribution in [2.75, 3.05) is 7.11 Å². The highest BCUT2D eigenvalue weighted by Gasteiger charge is 2.31. The fourth-order valence-corrected chi connectivity index (χ4v) is 1.80. The minimum absolute atomic E-state index is 0.0248. The number of hydrogen-bond donors (Lipinski definition) is 2. The van der Waals surface area contributed by atoms with E-state index in [0.29, 0.717) is 12.0 Å². The number of nitrogens with two attached hydrogens (primary N) is 1. The molecular formula is C11H22N2O2. The lowest BCUT2D eigenvalue weighted by molar-refractivity contribution is -0.125. The maximum Gasteiger partial charge on any atom is 0.237 e. The molecular weight excluding hydrogens is 192 g/mol. The first-order valence-electron chi connectivity index (χ1n) is 5.61. The molecule has 3 N–H and O–H groups in total. The van der Waals surface area contributed by atoms with Crippen LogP contribution in [0.4, 0.5) is 0 Å². The zero-order valence-corrected chi connectivity index (χ0v) is 9.82. The van der Waals surface area contributed by atoms with E-state index in [2.05, 4.69) is 19.2 Å². The first kappa shape index (κ1) is 12.5. The second-order valence-electron chi connectivity index (χ2n) is 4.77. The van der Waals surface area contributed by atoms with Gasteiger partial charge < -0.3 is 15.8 Å². The summed E-state index contributed by atoms with van der Waals surface area (Å²) in [7, 11) is 1.70. The molecule has 1 saturated carbocycles. The molecule has 0 aromatic rings. The van der Waals surface area contributed by atoms with Crippen molar-refractivity contribution in [1.82, 2.24) is 5.32 Å². The number of ether oxygens (including phenoxy) is 1. The molecule has 15 heavy (non-hydrogen) atoms. The van der Waals surface area contributed by atoms with Crippen LogP contribution in [0.3, 0.4) is 0 Å². The van der Waals surface area contributed by atoms with Crippen LogP contribution in [0.2, 0.25) is 0 Å². The van der Waals surface area contributed by atoms with E-state index in [4.69, 9.17) is 10.5 Å². The Kier molecular flexibility index (Phi) is 4.54. The number of nitrogens with one attached hydrogen (secondary N) is 1. The van der Waals surface area contributed by atoms with Crippen LogP contribution in [0.25, 0.3) is 0 Å². The Bertz CT molecular complexity index is 213. The van der Waals surface area contributed by atoms with Crippen molar-refractivity contribution < 1.29 is 9.53 Å². The lowest BCUT2D eigenvalue weighted by Gasteiger charge is -2.35. The molecule has 0 aliphatic heterocycles. The van der Waals surface area contributed by atoms with Gasteiger partial charge in [-0.25, -0.2) is 0 Å². The van der Waals surface area contributed by atoms with E-state index in [1.165, 1.54) is 0 Å². The van der Waals surface area contributed by atoms with Crippen molar-refractivity contribution in [1.29, 1.82) is 0 Å². The number of carbonyl (C=O) groups is 1. The van der Waals surface area contributed by atoms with Crippen molar-refractivity contribution >= 4 is 5.91 Å². The molecule has 0 aromatic heterocycles. The zero-order valence-electron chi connectivity index (χ0n) is 9.82. The quantitative estimate of drug-likeness (QED) is 0.706. The summed E-state index contributed by atoms with van der Waals surface area (Å²) >= 11 is 0. The van der Waals surface area contributed by atoms with Crippen molar-refractivity contribution in [3.05, 3.63) is 0 Å².